The van der Waals surface area contributed by atoms with Crippen LogP contribution >= 0.6 is 35.6 Å². The number of hydrogen-bond acceptors (Lipinski definition) is 3. The average Bonchev–Trinajstić information content (AvgIpc) is 2.50. The van der Waals surface area contributed by atoms with Crippen LogP contribution in [-0.2, 0) is 0 Å². The molecule has 0 aliphatic heterocycles. The van der Waals surface area contributed by atoms with Crippen LogP contribution in [0, 0.1) is 0 Å². The number of fused-ring (bicyclic) bond motifs is 1. The van der Waals surface area contributed by atoms with Crippen molar-refractivity contribution in [2.45, 2.75) is 4.90 Å². The Balaban J connectivity index is 2.92. The number of carboxylic acids is 1. The molecule has 1 aromatic heterocycles. The van der Waals surface area contributed by atoms with Gasteiger partial charge in [0.25, 0.3) is 0 Å². The molecular formula is C9H5ClO2S2. The zero-order chi connectivity index (χ0) is 10.3. The molecule has 72 valence electrons. The predicted molar refractivity (Wildman–Crippen MR) is 61.0 cm³/mol. The first-order valence-corrected chi connectivity index (χ1v) is 5.43. The van der Waals surface area contributed by atoms with E-state index in [9.17, 15) is 4.79 Å². The van der Waals surface area contributed by atoms with Gasteiger partial charge in [0.15, 0.2) is 0 Å². The fourth-order valence-corrected chi connectivity index (χ4v) is 2.90. The molecule has 0 bridgehead atoms. The van der Waals surface area contributed by atoms with Gasteiger partial charge in [0.1, 0.15) is 0 Å². The number of rotatable bonds is 1. The van der Waals surface area contributed by atoms with Crippen LogP contribution in [0.25, 0.3) is 10.1 Å². The number of carbonyl (C=O) groups is 1. The average molecular weight is 245 g/mol. The van der Waals surface area contributed by atoms with E-state index in [1.807, 2.05) is 0 Å². The first-order chi connectivity index (χ1) is 6.61. The van der Waals surface area contributed by atoms with Crippen molar-refractivity contribution >= 4 is 51.6 Å². The topological polar surface area (TPSA) is 37.3 Å². The van der Waals surface area contributed by atoms with Crippen molar-refractivity contribution < 1.29 is 9.90 Å². The Morgan fingerprint density at radius 2 is 2.21 bits per heavy atom. The molecule has 0 saturated heterocycles. The van der Waals surface area contributed by atoms with Gasteiger partial charge < -0.3 is 5.11 Å². The SMILES string of the molecule is O=C(O)c1ccc(Cl)c2scc(S)c12. The molecule has 1 aromatic carbocycles. The van der Waals surface area contributed by atoms with Gasteiger partial charge in [0.05, 0.1) is 15.3 Å². The summed E-state index contributed by atoms with van der Waals surface area (Å²) in [6.45, 7) is 0. The molecule has 0 amide bonds. The Morgan fingerprint density at radius 3 is 2.86 bits per heavy atom. The molecule has 1 heterocycles. The van der Waals surface area contributed by atoms with Gasteiger partial charge in [0, 0.05) is 15.7 Å². The Hall–Kier alpha value is -0.710. The molecule has 2 aromatic rings. The lowest BCUT2D eigenvalue weighted by Gasteiger charge is -1.99. The summed E-state index contributed by atoms with van der Waals surface area (Å²) in [4.78, 5) is 11.6. The third kappa shape index (κ3) is 1.39. The van der Waals surface area contributed by atoms with Crippen LogP contribution in [-0.4, -0.2) is 11.1 Å². The highest BCUT2D eigenvalue weighted by atomic mass is 35.5. The molecule has 14 heavy (non-hydrogen) atoms. The van der Waals surface area contributed by atoms with Gasteiger partial charge in [-0.2, -0.15) is 0 Å². The van der Waals surface area contributed by atoms with Crippen LogP contribution in [0.4, 0.5) is 0 Å². The summed E-state index contributed by atoms with van der Waals surface area (Å²) in [5, 5.41) is 11.9. The van der Waals surface area contributed by atoms with Crippen LogP contribution in [0.5, 0.6) is 0 Å². The zero-order valence-electron chi connectivity index (χ0n) is 6.82. The number of hydrogen-bond donors (Lipinski definition) is 2. The first-order valence-electron chi connectivity index (χ1n) is 3.73. The largest absolute Gasteiger partial charge is 0.478 e. The molecule has 0 saturated carbocycles. The number of thiophene rings is 1. The van der Waals surface area contributed by atoms with Gasteiger partial charge in [-0.25, -0.2) is 4.79 Å². The van der Waals surface area contributed by atoms with Crippen LogP contribution in [0.2, 0.25) is 5.02 Å². The normalized spacial score (nSPS) is 10.7. The lowest BCUT2D eigenvalue weighted by Crippen LogP contribution is -1.96. The minimum atomic E-state index is -0.958. The quantitative estimate of drug-likeness (QED) is 0.753. The Kier molecular flexibility index (Phi) is 2.43. The van der Waals surface area contributed by atoms with Crippen molar-refractivity contribution in [3.63, 3.8) is 0 Å². The van der Waals surface area contributed by atoms with Crippen molar-refractivity contribution in [3.05, 3.63) is 28.1 Å². The van der Waals surface area contributed by atoms with E-state index in [1.165, 1.54) is 17.4 Å². The van der Waals surface area contributed by atoms with Crippen molar-refractivity contribution in [3.8, 4) is 0 Å². The molecule has 1 N–H and O–H groups in total. The fraction of sp³-hybridized carbons (Fsp3) is 0. The van der Waals surface area contributed by atoms with Crippen LogP contribution in [0.1, 0.15) is 10.4 Å². The minimum Gasteiger partial charge on any atom is -0.478 e. The van der Waals surface area contributed by atoms with E-state index >= 15 is 0 Å². The molecule has 2 rings (SSSR count). The van der Waals surface area contributed by atoms with E-state index < -0.39 is 5.97 Å². The summed E-state index contributed by atoms with van der Waals surface area (Å²) in [7, 11) is 0. The van der Waals surface area contributed by atoms with Crippen molar-refractivity contribution in [2.24, 2.45) is 0 Å². The number of carboxylic acid groups (broad SMARTS) is 1. The maximum atomic E-state index is 10.9. The summed E-state index contributed by atoms with van der Waals surface area (Å²) >= 11 is 11.5. The van der Waals surface area contributed by atoms with Gasteiger partial charge >= 0.3 is 5.97 Å². The highest BCUT2D eigenvalue weighted by Crippen LogP contribution is 2.36. The number of thiol groups is 1. The van der Waals surface area contributed by atoms with Gasteiger partial charge in [-0.05, 0) is 12.1 Å². The van der Waals surface area contributed by atoms with Crippen molar-refractivity contribution in [2.75, 3.05) is 0 Å². The van der Waals surface area contributed by atoms with E-state index in [0.717, 1.165) is 4.70 Å². The molecule has 2 nitrogen and oxygen atoms in total. The van der Waals surface area contributed by atoms with Crippen LogP contribution in [0.3, 0.4) is 0 Å². The van der Waals surface area contributed by atoms with Crippen LogP contribution in [0.15, 0.2) is 22.4 Å². The van der Waals surface area contributed by atoms with Crippen molar-refractivity contribution in [1.82, 2.24) is 0 Å². The summed E-state index contributed by atoms with van der Waals surface area (Å²) < 4.78 is 0.775. The predicted octanol–water partition coefficient (Wildman–Crippen LogP) is 3.54. The lowest BCUT2D eigenvalue weighted by atomic mass is 10.1. The number of halogens is 1. The van der Waals surface area contributed by atoms with E-state index in [4.69, 9.17) is 16.7 Å². The smallest absolute Gasteiger partial charge is 0.336 e. The molecular weight excluding hydrogens is 240 g/mol. The highest BCUT2D eigenvalue weighted by molar-refractivity contribution is 7.80. The highest BCUT2D eigenvalue weighted by Gasteiger charge is 2.14. The number of benzene rings is 1. The molecule has 0 radical (unpaired) electrons. The van der Waals surface area contributed by atoms with Gasteiger partial charge in [-0.15, -0.1) is 24.0 Å². The summed E-state index contributed by atoms with van der Waals surface area (Å²) in [6, 6.07) is 3.09. The van der Waals surface area contributed by atoms with E-state index in [1.54, 1.807) is 11.4 Å². The number of aromatic carboxylic acids is 1. The molecule has 0 aliphatic carbocycles. The minimum absolute atomic E-state index is 0.246. The molecule has 5 heteroatoms. The second-order valence-electron chi connectivity index (χ2n) is 2.73. The summed E-state index contributed by atoms with van der Waals surface area (Å²) in [5.41, 5.74) is 0.246. The zero-order valence-corrected chi connectivity index (χ0v) is 9.29. The standard InChI is InChI=1S/C9H5ClO2S2/c10-5-2-1-4(9(11)12)7-6(13)3-14-8(5)7/h1-3,13H,(H,11,12). The van der Waals surface area contributed by atoms with Gasteiger partial charge in [-0.3, -0.25) is 0 Å². The Morgan fingerprint density at radius 1 is 1.50 bits per heavy atom. The van der Waals surface area contributed by atoms with Crippen molar-refractivity contribution in [1.29, 1.82) is 0 Å². The fourth-order valence-electron chi connectivity index (χ4n) is 1.28. The first kappa shape index (κ1) is 9.83. The van der Waals surface area contributed by atoms with E-state index in [0.29, 0.717) is 15.3 Å². The molecule has 0 unspecified atom stereocenters. The van der Waals surface area contributed by atoms with Gasteiger partial charge in [0.2, 0.25) is 0 Å². The Bertz CT molecular complexity index is 519. The third-order valence-corrected chi connectivity index (χ3v) is 3.85. The Labute approximate surface area is 94.5 Å². The van der Waals surface area contributed by atoms with Gasteiger partial charge in [-0.1, -0.05) is 11.6 Å². The monoisotopic (exact) mass is 244 g/mol. The lowest BCUT2D eigenvalue weighted by molar-refractivity contribution is 0.0699. The molecule has 0 fully saturated rings. The van der Waals surface area contributed by atoms with Crippen LogP contribution < -0.4 is 0 Å². The second kappa shape index (κ2) is 3.46. The summed E-state index contributed by atoms with van der Waals surface area (Å²) in [5.74, 6) is -0.958. The summed E-state index contributed by atoms with van der Waals surface area (Å²) in [6.07, 6.45) is 0. The molecule has 0 aliphatic rings. The third-order valence-electron chi connectivity index (χ3n) is 1.88. The maximum absolute atomic E-state index is 10.9. The molecule has 0 spiro atoms. The van der Waals surface area contributed by atoms with E-state index in [2.05, 4.69) is 12.6 Å². The van der Waals surface area contributed by atoms with E-state index in [-0.39, 0.29) is 5.56 Å². The molecule has 0 atom stereocenters. The second-order valence-corrected chi connectivity index (χ2v) is 4.49. The maximum Gasteiger partial charge on any atom is 0.336 e.